The fraction of sp³-hybridized carbons (Fsp3) is 0.400. The molecule has 2 aliphatic carbocycles. The van der Waals surface area contributed by atoms with Crippen LogP contribution in [0.25, 0.3) is 11.3 Å². The van der Waals surface area contributed by atoms with E-state index in [0.717, 1.165) is 10.7 Å². The predicted molar refractivity (Wildman–Crippen MR) is 150 cm³/mol. The van der Waals surface area contributed by atoms with Crippen molar-refractivity contribution in [1.82, 2.24) is 20.0 Å². The molecule has 0 bridgehead atoms. The fourth-order valence-electron chi connectivity index (χ4n) is 5.68. The molecule has 3 aromatic rings. The Bertz CT molecular complexity index is 1610. The molecule has 0 spiro atoms. The van der Waals surface area contributed by atoms with E-state index in [-0.39, 0.29) is 70.3 Å². The molecule has 13 heteroatoms. The highest BCUT2D eigenvalue weighted by Crippen LogP contribution is 2.60. The van der Waals surface area contributed by atoms with Crippen molar-refractivity contribution in [3.63, 3.8) is 0 Å². The summed E-state index contributed by atoms with van der Waals surface area (Å²) in [5.41, 5.74) is -2.41. The Morgan fingerprint density at radius 3 is 2.51 bits per heavy atom. The maximum absolute atomic E-state index is 15.2. The number of alkyl halides is 3. The number of nitrogens with zero attached hydrogens (tertiary/aromatic N) is 3. The van der Waals surface area contributed by atoms with Gasteiger partial charge >= 0.3 is 12.1 Å². The molecular weight excluding hydrogens is 592 g/mol. The first-order valence-corrected chi connectivity index (χ1v) is 14.1. The Kier molecular flexibility index (Phi) is 8.12. The molecule has 1 saturated carbocycles. The molecule has 228 valence electrons. The summed E-state index contributed by atoms with van der Waals surface area (Å²) >= 11 is 6.39. The number of rotatable bonds is 8. The molecule has 1 amide bonds. The Hall–Kier alpha value is -3.77. The maximum Gasteiger partial charge on any atom is 0.398 e. The van der Waals surface area contributed by atoms with Crippen molar-refractivity contribution in [2.45, 2.75) is 43.7 Å². The van der Waals surface area contributed by atoms with Gasteiger partial charge in [0.25, 0.3) is 5.91 Å². The average Bonchev–Trinajstić information content (AvgIpc) is 3.68. The number of carbonyl (C=O) groups excluding carboxylic acids is 2. The number of halogens is 5. The van der Waals surface area contributed by atoms with Crippen molar-refractivity contribution >= 4 is 29.4 Å². The van der Waals surface area contributed by atoms with Crippen LogP contribution in [0.5, 0.6) is 0 Å². The summed E-state index contributed by atoms with van der Waals surface area (Å²) < 4.78 is 58.7. The third-order valence-corrected chi connectivity index (χ3v) is 8.52. The van der Waals surface area contributed by atoms with Gasteiger partial charge in [-0.05, 0) is 69.6 Å². The van der Waals surface area contributed by atoms with Crippen LogP contribution in [0, 0.1) is 11.7 Å². The minimum absolute atomic E-state index is 0.0287. The van der Waals surface area contributed by atoms with Crippen LogP contribution >= 0.6 is 11.6 Å². The number of likely N-dealkylation sites (N-methyl/N-ethyl adjacent to an activating group) is 1. The van der Waals surface area contributed by atoms with Gasteiger partial charge in [-0.25, -0.2) is 9.18 Å². The van der Waals surface area contributed by atoms with Crippen LogP contribution in [-0.2, 0) is 23.1 Å². The molecule has 2 aliphatic rings. The molecule has 1 atom stereocenters. The van der Waals surface area contributed by atoms with Crippen molar-refractivity contribution < 1.29 is 37.1 Å². The maximum atomic E-state index is 15.2. The predicted octanol–water partition coefficient (Wildman–Crippen LogP) is 5.11. The topological polar surface area (TPSA) is 105 Å². The Labute approximate surface area is 249 Å². The monoisotopic (exact) mass is 620 g/mol. The summed E-state index contributed by atoms with van der Waals surface area (Å²) in [7, 11) is 3.72. The highest BCUT2D eigenvalue weighted by atomic mass is 35.5. The number of hydrogen-bond acceptors (Lipinski definition) is 5. The second-order valence-electron chi connectivity index (χ2n) is 11.3. The Morgan fingerprint density at radius 2 is 1.91 bits per heavy atom. The summed E-state index contributed by atoms with van der Waals surface area (Å²) in [6, 6.07) is 7.19. The molecule has 1 fully saturated rings. The number of amides is 1. The van der Waals surface area contributed by atoms with Crippen LogP contribution in [0.4, 0.5) is 17.6 Å². The van der Waals surface area contributed by atoms with E-state index in [0.29, 0.717) is 25.1 Å². The summed E-state index contributed by atoms with van der Waals surface area (Å²) in [5.74, 6) is -3.97. The van der Waals surface area contributed by atoms with Gasteiger partial charge in [0.1, 0.15) is 5.82 Å². The lowest BCUT2D eigenvalue weighted by Crippen LogP contribution is -2.38. The second kappa shape index (κ2) is 11.4. The summed E-state index contributed by atoms with van der Waals surface area (Å²) in [5, 5.41) is 16.3. The van der Waals surface area contributed by atoms with Crippen LogP contribution in [-0.4, -0.2) is 70.9 Å². The van der Waals surface area contributed by atoms with Gasteiger partial charge in [-0.15, -0.1) is 0 Å². The number of hydrogen-bond donors (Lipinski definition) is 2. The van der Waals surface area contributed by atoms with E-state index in [1.54, 1.807) is 0 Å². The third-order valence-electron chi connectivity index (χ3n) is 8.20. The zero-order valence-electron chi connectivity index (χ0n) is 23.4. The lowest BCUT2D eigenvalue weighted by molar-refractivity contribution is -0.160. The SMILES string of the molecule is CN(C)CCNC(=O)C1CCc2c(-c3ccc(C(=O)O)cc3F)nn(C(=O)c3c(Cl)cccc3C3(C(F)(F)F)CC3)c2C1. The first-order valence-electron chi connectivity index (χ1n) is 13.7. The molecule has 0 radical (unpaired) electrons. The molecule has 1 heterocycles. The molecule has 8 nitrogen and oxygen atoms in total. The van der Waals surface area contributed by atoms with E-state index >= 15 is 4.39 Å². The first kappa shape index (κ1) is 30.7. The Morgan fingerprint density at radius 1 is 1.19 bits per heavy atom. The zero-order chi connectivity index (χ0) is 31.3. The second-order valence-corrected chi connectivity index (χ2v) is 11.7. The molecule has 1 unspecified atom stereocenters. The van der Waals surface area contributed by atoms with Crippen LogP contribution in [0.2, 0.25) is 5.02 Å². The van der Waals surface area contributed by atoms with Crippen LogP contribution < -0.4 is 5.32 Å². The molecule has 2 N–H and O–H groups in total. The van der Waals surface area contributed by atoms with Gasteiger partial charge in [0, 0.05) is 36.6 Å². The van der Waals surface area contributed by atoms with E-state index in [2.05, 4.69) is 10.4 Å². The van der Waals surface area contributed by atoms with Gasteiger partial charge in [0.15, 0.2) is 0 Å². The van der Waals surface area contributed by atoms with Crippen LogP contribution in [0.1, 0.15) is 56.8 Å². The lowest BCUT2D eigenvalue weighted by atomic mass is 9.84. The smallest absolute Gasteiger partial charge is 0.398 e. The van der Waals surface area contributed by atoms with Gasteiger partial charge in [0.2, 0.25) is 5.91 Å². The lowest BCUT2D eigenvalue weighted by Gasteiger charge is -2.25. The van der Waals surface area contributed by atoms with Crippen molar-refractivity contribution in [3.05, 3.63) is 75.2 Å². The van der Waals surface area contributed by atoms with Crippen molar-refractivity contribution in [3.8, 4) is 11.3 Å². The number of fused-ring (bicyclic) bond motifs is 1. The van der Waals surface area contributed by atoms with Crippen molar-refractivity contribution in [2.24, 2.45) is 5.92 Å². The largest absolute Gasteiger partial charge is 0.478 e. The van der Waals surface area contributed by atoms with E-state index in [9.17, 15) is 32.7 Å². The fourth-order valence-corrected chi connectivity index (χ4v) is 5.94. The van der Waals surface area contributed by atoms with Gasteiger partial charge in [0.05, 0.1) is 33.0 Å². The van der Waals surface area contributed by atoms with E-state index < -0.39 is 35.2 Å². The molecule has 1 aromatic heterocycles. The van der Waals surface area contributed by atoms with Crippen LogP contribution in [0.3, 0.4) is 0 Å². The summed E-state index contributed by atoms with van der Waals surface area (Å²) in [4.78, 5) is 40.4. The number of aromatic nitrogens is 2. The minimum Gasteiger partial charge on any atom is -0.478 e. The van der Waals surface area contributed by atoms with Gasteiger partial charge in [-0.2, -0.15) is 23.0 Å². The highest BCUT2D eigenvalue weighted by molar-refractivity contribution is 6.34. The zero-order valence-corrected chi connectivity index (χ0v) is 24.2. The quantitative estimate of drug-likeness (QED) is 0.340. The van der Waals surface area contributed by atoms with Crippen LogP contribution in [0.15, 0.2) is 36.4 Å². The number of carbonyl (C=O) groups is 3. The van der Waals surface area contributed by atoms with E-state index in [4.69, 9.17) is 11.6 Å². The first-order chi connectivity index (χ1) is 20.2. The molecular formula is C30H29ClF4N4O4. The Balaban J connectivity index is 1.61. The number of benzene rings is 2. The third kappa shape index (κ3) is 5.65. The summed E-state index contributed by atoms with van der Waals surface area (Å²) in [6.07, 6.45) is -4.40. The molecule has 0 saturated heterocycles. The number of carboxylic acids is 1. The molecule has 43 heavy (non-hydrogen) atoms. The van der Waals surface area contributed by atoms with Gasteiger partial charge in [-0.1, -0.05) is 23.7 Å². The molecule has 2 aromatic carbocycles. The average molecular weight is 621 g/mol. The number of nitrogens with one attached hydrogen (secondary N) is 1. The molecule has 5 rings (SSSR count). The van der Waals surface area contributed by atoms with E-state index in [1.807, 2.05) is 19.0 Å². The summed E-state index contributed by atoms with van der Waals surface area (Å²) in [6.45, 7) is 0.994. The number of carboxylic acid groups (broad SMARTS) is 1. The standard InChI is InChI=1S/C30H29ClF4N4O4/c1-38(2)13-12-36-26(40)16-6-9-19-23(15-16)39(37-25(19)18-8-7-17(28(42)43)14-22(18)32)27(41)24-20(4-3-5-21(24)31)29(10-11-29)30(33,34)35/h3-5,7-8,14,16H,6,9-13,15H2,1-2H3,(H,36,40)(H,42,43). The normalized spacial score (nSPS) is 17.4. The number of aromatic carboxylic acids is 1. The highest BCUT2D eigenvalue weighted by Gasteiger charge is 2.65. The van der Waals surface area contributed by atoms with Crippen molar-refractivity contribution in [2.75, 3.05) is 27.2 Å². The van der Waals surface area contributed by atoms with E-state index in [1.165, 1.54) is 30.3 Å². The van der Waals surface area contributed by atoms with Gasteiger partial charge in [-0.3, -0.25) is 9.59 Å². The van der Waals surface area contributed by atoms with Crippen molar-refractivity contribution in [1.29, 1.82) is 0 Å². The molecule has 0 aliphatic heterocycles. The minimum atomic E-state index is -4.62. The van der Waals surface area contributed by atoms with Gasteiger partial charge < -0.3 is 15.3 Å².